The van der Waals surface area contributed by atoms with Gasteiger partial charge in [0.2, 0.25) is 10.0 Å². The van der Waals surface area contributed by atoms with Gasteiger partial charge in [-0.3, -0.25) is 14.5 Å². The maximum absolute atomic E-state index is 15.0. The maximum atomic E-state index is 15.0. The highest BCUT2D eigenvalue weighted by molar-refractivity contribution is 7.92. The number of fused-ring (bicyclic) bond motifs is 1. The lowest BCUT2D eigenvalue weighted by Crippen LogP contribution is -2.33. The Morgan fingerprint density at radius 3 is 2.71 bits per heavy atom. The number of aromatic nitrogens is 2. The molecule has 0 radical (unpaired) electrons. The zero-order valence-corrected chi connectivity index (χ0v) is 18.9. The van der Waals surface area contributed by atoms with Crippen molar-refractivity contribution in [1.82, 2.24) is 15.3 Å². The molecule has 1 saturated heterocycles. The van der Waals surface area contributed by atoms with Crippen molar-refractivity contribution in [1.29, 1.82) is 0 Å². The minimum Gasteiger partial charge on any atom is -0.369 e. The molecule has 0 saturated carbocycles. The second-order valence-electron chi connectivity index (χ2n) is 7.72. The standard InChI is InChI=1S/C22H21F3N4O4S/c1-2-7-34(31,32)29-16-9-13(23)20(24)19(21(16)25)22(30)12-3-4-14-15(8-12)27-10-17(28-14)18-11-26-5-6-33-18/h3-4,8-10,18,26,29H,2,5-7,11H2,1H3. The van der Waals surface area contributed by atoms with Crippen LogP contribution in [0.3, 0.4) is 0 Å². The Labute approximate surface area is 193 Å². The summed E-state index contributed by atoms with van der Waals surface area (Å²) in [5, 5.41) is 3.18. The van der Waals surface area contributed by atoms with Gasteiger partial charge in [0.05, 0.1) is 46.5 Å². The van der Waals surface area contributed by atoms with Gasteiger partial charge in [0, 0.05) is 24.7 Å². The number of nitrogens with one attached hydrogen (secondary N) is 2. The molecule has 0 amide bonds. The molecule has 1 aromatic heterocycles. The SMILES string of the molecule is CCCS(=O)(=O)Nc1cc(F)c(F)c(C(=O)c2ccc3nc(C4CNCCO4)cnc3c2)c1F. The van der Waals surface area contributed by atoms with Gasteiger partial charge < -0.3 is 10.1 Å². The number of hydrogen-bond donors (Lipinski definition) is 2. The number of nitrogens with zero attached hydrogens (tertiary/aromatic N) is 2. The first kappa shape index (κ1) is 24.0. The Hall–Kier alpha value is -3.09. The largest absolute Gasteiger partial charge is 0.369 e. The molecule has 180 valence electrons. The lowest BCUT2D eigenvalue weighted by molar-refractivity contribution is 0.0250. The van der Waals surface area contributed by atoms with Crippen LogP contribution in [-0.4, -0.2) is 49.6 Å². The number of carbonyl (C=O) groups excluding carboxylic acids is 1. The van der Waals surface area contributed by atoms with Crippen molar-refractivity contribution in [3.8, 4) is 0 Å². The smallest absolute Gasteiger partial charge is 0.232 e. The van der Waals surface area contributed by atoms with E-state index in [1.165, 1.54) is 24.4 Å². The third kappa shape index (κ3) is 4.88. The summed E-state index contributed by atoms with van der Waals surface area (Å²) in [7, 11) is -4.01. The van der Waals surface area contributed by atoms with Gasteiger partial charge in [-0.25, -0.2) is 26.6 Å². The van der Waals surface area contributed by atoms with Gasteiger partial charge in [0.15, 0.2) is 23.2 Å². The quantitative estimate of drug-likeness (QED) is 0.384. The summed E-state index contributed by atoms with van der Waals surface area (Å²) in [6, 6.07) is 4.38. The van der Waals surface area contributed by atoms with Gasteiger partial charge in [0.1, 0.15) is 6.10 Å². The summed E-state index contributed by atoms with van der Waals surface area (Å²) in [6.07, 6.45) is 1.42. The van der Waals surface area contributed by atoms with Crippen LogP contribution in [0.2, 0.25) is 0 Å². The first-order chi connectivity index (χ1) is 16.2. The van der Waals surface area contributed by atoms with Crippen molar-refractivity contribution in [2.45, 2.75) is 19.4 Å². The molecule has 0 spiro atoms. The molecule has 1 unspecified atom stereocenters. The van der Waals surface area contributed by atoms with Crippen LogP contribution in [0.5, 0.6) is 0 Å². The van der Waals surface area contributed by atoms with E-state index in [1.54, 1.807) is 6.92 Å². The molecule has 2 aromatic carbocycles. The molecule has 1 aliphatic heterocycles. The summed E-state index contributed by atoms with van der Waals surface area (Å²) in [4.78, 5) is 21.7. The molecular formula is C22H21F3N4O4S. The van der Waals surface area contributed by atoms with Crippen LogP contribution in [0.1, 0.15) is 41.1 Å². The Kier molecular flexibility index (Phi) is 6.82. The van der Waals surface area contributed by atoms with Gasteiger partial charge in [-0.2, -0.15) is 0 Å². The van der Waals surface area contributed by atoms with Gasteiger partial charge in [-0.15, -0.1) is 0 Å². The summed E-state index contributed by atoms with van der Waals surface area (Å²) in [5.41, 5.74) is -0.932. The van der Waals surface area contributed by atoms with Gasteiger partial charge in [-0.05, 0) is 24.6 Å². The molecule has 2 N–H and O–H groups in total. The fraction of sp³-hybridized carbons (Fsp3) is 0.318. The average Bonchev–Trinajstić information content (AvgIpc) is 2.82. The molecule has 1 fully saturated rings. The molecule has 8 nitrogen and oxygen atoms in total. The van der Waals surface area contributed by atoms with Crippen molar-refractivity contribution >= 4 is 32.5 Å². The van der Waals surface area contributed by atoms with Gasteiger partial charge in [-0.1, -0.05) is 6.92 Å². The van der Waals surface area contributed by atoms with E-state index < -0.39 is 44.5 Å². The number of benzene rings is 2. The molecule has 0 aliphatic carbocycles. The zero-order valence-electron chi connectivity index (χ0n) is 18.1. The van der Waals surface area contributed by atoms with E-state index in [0.29, 0.717) is 30.4 Å². The predicted octanol–water partition coefficient (Wildman–Crippen LogP) is 3.09. The molecule has 0 bridgehead atoms. The number of morpholine rings is 1. The second kappa shape index (κ2) is 9.65. The van der Waals surface area contributed by atoms with E-state index in [1.807, 2.05) is 4.72 Å². The number of halogens is 3. The van der Waals surface area contributed by atoms with Crippen molar-refractivity contribution in [3.63, 3.8) is 0 Å². The minimum atomic E-state index is -4.01. The van der Waals surface area contributed by atoms with Crippen LogP contribution < -0.4 is 10.0 Å². The fourth-order valence-corrected chi connectivity index (χ4v) is 4.71. The third-order valence-corrected chi connectivity index (χ3v) is 6.68. The van der Waals surface area contributed by atoms with Crippen molar-refractivity contribution in [3.05, 3.63) is 64.7 Å². The zero-order chi connectivity index (χ0) is 24.5. The normalized spacial score (nSPS) is 16.5. The van der Waals surface area contributed by atoms with E-state index in [2.05, 4.69) is 15.3 Å². The summed E-state index contributed by atoms with van der Waals surface area (Å²) < 4.78 is 75.1. The first-order valence-electron chi connectivity index (χ1n) is 10.5. The number of ether oxygens (including phenoxy) is 1. The molecule has 12 heteroatoms. The number of rotatable bonds is 7. The van der Waals surface area contributed by atoms with Gasteiger partial charge in [0.25, 0.3) is 0 Å². The van der Waals surface area contributed by atoms with E-state index in [-0.39, 0.29) is 29.4 Å². The molecule has 3 aromatic rings. The lowest BCUT2D eigenvalue weighted by atomic mass is 10.0. The molecular weight excluding hydrogens is 473 g/mol. The van der Waals surface area contributed by atoms with E-state index in [4.69, 9.17) is 4.74 Å². The topological polar surface area (TPSA) is 110 Å². The van der Waals surface area contributed by atoms with Crippen molar-refractivity contribution < 1.29 is 31.1 Å². The van der Waals surface area contributed by atoms with Crippen LogP contribution in [0, 0.1) is 17.5 Å². The van der Waals surface area contributed by atoms with Crippen molar-refractivity contribution in [2.75, 3.05) is 30.2 Å². The molecule has 1 atom stereocenters. The number of sulfonamides is 1. The second-order valence-corrected chi connectivity index (χ2v) is 9.56. The van der Waals surface area contributed by atoms with Crippen LogP contribution in [-0.2, 0) is 14.8 Å². The summed E-state index contributed by atoms with van der Waals surface area (Å²) in [5.74, 6) is -6.32. The van der Waals surface area contributed by atoms with Crippen molar-refractivity contribution in [2.24, 2.45) is 0 Å². The number of anilines is 1. The third-order valence-electron chi connectivity index (χ3n) is 5.20. The van der Waals surface area contributed by atoms with Crippen LogP contribution in [0.4, 0.5) is 18.9 Å². The molecule has 4 rings (SSSR count). The summed E-state index contributed by atoms with van der Waals surface area (Å²) in [6.45, 7) is 3.41. The Morgan fingerprint density at radius 2 is 2.00 bits per heavy atom. The Morgan fingerprint density at radius 1 is 1.21 bits per heavy atom. The number of carbonyl (C=O) groups is 1. The van der Waals surface area contributed by atoms with E-state index >= 15 is 0 Å². The molecule has 1 aliphatic rings. The highest BCUT2D eigenvalue weighted by Crippen LogP contribution is 2.28. The highest BCUT2D eigenvalue weighted by atomic mass is 32.2. The Balaban J connectivity index is 1.69. The monoisotopic (exact) mass is 494 g/mol. The predicted molar refractivity (Wildman–Crippen MR) is 119 cm³/mol. The lowest BCUT2D eigenvalue weighted by Gasteiger charge is -2.22. The minimum absolute atomic E-state index is 0.170. The molecule has 2 heterocycles. The highest BCUT2D eigenvalue weighted by Gasteiger charge is 2.27. The van der Waals surface area contributed by atoms with Crippen LogP contribution >= 0.6 is 0 Å². The fourth-order valence-electron chi connectivity index (χ4n) is 3.59. The first-order valence-corrected chi connectivity index (χ1v) is 12.2. The number of hydrogen-bond acceptors (Lipinski definition) is 7. The number of ketones is 1. The van der Waals surface area contributed by atoms with E-state index in [9.17, 15) is 26.4 Å². The maximum Gasteiger partial charge on any atom is 0.232 e. The Bertz CT molecular complexity index is 1360. The molecule has 34 heavy (non-hydrogen) atoms. The van der Waals surface area contributed by atoms with Crippen LogP contribution in [0.25, 0.3) is 11.0 Å². The average molecular weight is 494 g/mol. The van der Waals surface area contributed by atoms with Crippen LogP contribution in [0.15, 0.2) is 30.5 Å². The summed E-state index contributed by atoms with van der Waals surface area (Å²) >= 11 is 0. The van der Waals surface area contributed by atoms with Gasteiger partial charge >= 0.3 is 0 Å². The van der Waals surface area contributed by atoms with E-state index in [0.717, 1.165) is 6.54 Å².